The molecule has 0 bridgehead atoms. The van der Waals surface area contributed by atoms with Gasteiger partial charge in [-0.1, -0.05) is 49.2 Å². The standard InChI is InChI=1S/C24H38N2O/c1-4-20(24(27-3)21-12-6-5-7-13-21)16-18-26-17-10-11-19(2)22-14-8-9-15-23(22)25/h5-7,12-13,20,24-26H,4,8-11,14-18H2,1-3H3/b22-19+,25-23?. The minimum atomic E-state index is 0.183. The lowest BCUT2D eigenvalue weighted by molar-refractivity contribution is 0.0458. The van der Waals surface area contributed by atoms with E-state index in [-0.39, 0.29) is 6.10 Å². The summed E-state index contributed by atoms with van der Waals surface area (Å²) in [7, 11) is 1.83. The number of nitrogens with one attached hydrogen (secondary N) is 2. The van der Waals surface area contributed by atoms with Gasteiger partial charge in [0.05, 0.1) is 6.10 Å². The van der Waals surface area contributed by atoms with Gasteiger partial charge in [0, 0.05) is 12.8 Å². The molecule has 0 spiro atoms. The second kappa shape index (κ2) is 12.1. The van der Waals surface area contributed by atoms with Gasteiger partial charge in [-0.15, -0.1) is 0 Å². The Morgan fingerprint density at radius 1 is 1.15 bits per heavy atom. The first kappa shape index (κ1) is 21.8. The zero-order chi connectivity index (χ0) is 19.5. The molecule has 1 aliphatic rings. The maximum Gasteiger partial charge on any atom is 0.0849 e. The average Bonchev–Trinajstić information content (AvgIpc) is 2.70. The van der Waals surface area contributed by atoms with E-state index in [0.29, 0.717) is 5.92 Å². The molecule has 1 saturated carbocycles. The van der Waals surface area contributed by atoms with Crippen LogP contribution >= 0.6 is 0 Å². The van der Waals surface area contributed by atoms with Gasteiger partial charge in [-0.05, 0) is 82.0 Å². The molecule has 0 aromatic heterocycles. The van der Waals surface area contributed by atoms with Gasteiger partial charge in [-0.3, -0.25) is 0 Å². The van der Waals surface area contributed by atoms with Crippen LogP contribution in [0.5, 0.6) is 0 Å². The summed E-state index contributed by atoms with van der Waals surface area (Å²) in [6.45, 7) is 6.58. The zero-order valence-corrected chi connectivity index (χ0v) is 17.5. The van der Waals surface area contributed by atoms with E-state index in [1.165, 1.54) is 29.6 Å². The molecule has 3 nitrogen and oxygen atoms in total. The second-order valence-corrected chi connectivity index (χ2v) is 7.82. The van der Waals surface area contributed by atoms with Gasteiger partial charge in [0.15, 0.2) is 0 Å². The largest absolute Gasteiger partial charge is 0.376 e. The number of hydrogen-bond acceptors (Lipinski definition) is 3. The van der Waals surface area contributed by atoms with Gasteiger partial charge in [0.2, 0.25) is 0 Å². The number of benzene rings is 1. The van der Waals surface area contributed by atoms with E-state index in [0.717, 1.165) is 57.3 Å². The summed E-state index contributed by atoms with van der Waals surface area (Å²) in [5.41, 5.74) is 4.96. The van der Waals surface area contributed by atoms with Gasteiger partial charge >= 0.3 is 0 Å². The molecule has 1 aromatic carbocycles. The maximum atomic E-state index is 8.14. The first-order chi connectivity index (χ1) is 13.2. The van der Waals surface area contributed by atoms with E-state index in [1.807, 2.05) is 7.11 Å². The fourth-order valence-corrected chi connectivity index (χ4v) is 4.23. The summed E-state index contributed by atoms with van der Waals surface area (Å²) in [5.74, 6) is 0.538. The van der Waals surface area contributed by atoms with Gasteiger partial charge in [-0.25, -0.2) is 0 Å². The van der Waals surface area contributed by atoms with Crippen LogP contribution in [-0.2, 0) is 4.74 Å². The van der Waals surface area contributed by atoms with Crippen molar-refractivity contribution in [1.29, 1.82) is 5.41 Å². The highest BCUT2D eigenvalue weighted by molar-refractivity contribution is 5.98. The van der Waals surface area contributed by atoms with Crippen LogP contribution in [0.3, 0.4) is 0 Å². The predicted octanol–water partition coefficient (Wildman–Crippen LogP) is 6.07. The summed E-state index contributed by atoms with van der Waals surface area (Å²) < 4.78 is 5.82. The van der Waals surface area contributed by atoms with Crippen molar-refractivity contribution in [2.45, 2.75) is 71.3 Å². The number of ether oxygens (including phenoxy) is 1. The maximum absolute atomic E-state index is 8.14. The molecule has 2 atom stereocenters. The third-order valence-electron chi connectivity index (χ3n) is 5.91. The summed E-state index contributed by atoms with van der Waals surface area (Å²) in [5, 5.41) is 11.8. The molecule has 2 unspecified atom stereocenters. The summed E-state index contributed by atoms with van der Waals surface area (Å²) in [6, 6.07) is 10.6. The lowest BCUT2D eigenvalue weighted by Gasteiger charge is -2.25. The number of allylic oxidation sites excluding steroid dienone is 2. The van der Waals surface area contributed by atoms with E-state index in [1.54, 1.807) is 0 Å². The lowest BCUT2D eigenvalue weighted by atomic mass is 9.88. The monoisotopic (exact) mass is 370 g/mol. The summed E-state index contributed by atoms with van der Waals surface area (Å²) in [6.07, 6.45) is 9.27. The van der Waals surface area contributed by atoms with E-state index < -0.39 is 0 Å². The molecule has 1 fully saturated rings. The minimum Gasteiger partial charge on any atom is -0.376 e. The normalized spacial score (nSPS) is 19.0. The minimum absolute atomic E-state index is 0.183. The van der Waals surface area contributed by atoms with Crippen LogP contribution in [0.1, 0.15) is 76.9 Å². The molecule has 0 radical (unpaired) electrons. The zero-order valence-electron chi connectivity index (χ0n) is 17.5. The number of methoxy groups -OCH3 is 1. The first-order valence-electron chi connectivity index (χ1n) is 10.7. The fraction of sp³-hybridized carbons (Fsp3) is 0.625. The lowest BCUT2D eigenvalue weighted by Crippen LogP contribution is -2.23. The molecule has 150 valence electrons. The van der Waals surface area contributed by atoms with Gasteiger partial charge in [-0.2, -0.15) is 0 Å². The van der Waals surface area contributed by atoms with Crippen molar-refractivity contribution in [1.82, 2.24) is 5.32 Å². The SMILES string of the molecule is CCC(CCNCCC/C(C)=C1\CCCCC1=N)C(OC)c1ccccc1. The highest BCUT2D eigenvalue weighted by Gasteiger charge is 2.21. The molecule has 2 N–H and O–H groups in total. The predicted molar refractivity (Wildman–Crippen MR) is 116 cm³/mol. The second-order valence-electron chi connectivity index (χ2n) is 7.82. The van der Waals surface area contributed by atoms with Crippen molar-refractivity contribution in [2.24, 2.45) is 5.92 Å². The van der Waals surface area contributed by atoms with E-state index in [9.17, 15) is 0 Å². The van der Waals surface area contributed by atoms with Gasteiger partial charge < -0.3 is 15.5 Å². The molecule has 0 saturated heterocycles. The van der Waals surface area contributed by atoms with Gasteiger partial charge in [0.1, 0.15) is 0 Å². The van der Waals surface area contributed by atoms with E-state index in [4.69, 9.17) is 10.1 Å². The van der Waals surface area contributed by atoms with Gasteiger partial charge in [0.25, 0.3) is 0 Å². The molecule has 0 aliphatic heterocycles. The Hall–Kier alpha value is -1.45. The van der Waals surface area contributed by atoms with E-state index >= 15 is 0 Å². The van der Waals surface area contributed by atoms with Crippen LogP contribution in [0.25, 0.3) is 0 Å². The molecular formula is C24H38N2O. The van der Waals surface area contributed by atoms with Crippen LogP contribution < -0.4 is 5.32 Å². The van der Waals surface area contributed by atoms with E-state index in [2.05, 4.69) is 49.5 Å². The van der Waals surface area contributed by atoms with Crippen molar-refractivity contribution >= 4 is 5.71 Å². The molecule has 1 aliphatic carbocycles. The molecule has 1 aromatic rings. The van der Waals surface area contributed by atoms with Crippen molar-refractivity contribution in [3.05, 3.63) is 47.0 Å². The Bertz CT molecular complexity index is 594. The molecule has 0 heterocycles. The van der Waals surface area contributed by atoms with Crippen LogP contribution in [0, 0.1) is 11.3 Å². The first-order valence-corrected chi connectivity index (χ1v) is 10.7. The third-order valence-corrected chi connectivity index (χ3v) is 5.91. The Morgan fingerprint density at radius 2 is 1.89 bits per heavy atom. The highest BCUT2D eigenvalue weighted by atomic mass is 16.5. The molecular weight excluding hydrogens is 332 g/mol. The Balaban J connectivity index is 1.70. The highest BCUT2D eigenvalue weighted by Crippen LogP contribution is 2.30. The average molecular weight is 371 g/mol. The van der Waals surface area contributed by atoms with Crippen molar-refractivity contribution in [3.63, 3.8) is 0 Å². The molecule has 3 heteroatoms. The van der Waals surface area contributed by atoms with Crippen LogP contribution in [0.4, 0.5) is 0 Å². The third kappa shape index (κ3) is 6.90. The Morgan fingerprint density at radius 3 is 2.56 bits per heavy atom. The van der Waals surface area contributed by atoms with Crippen LogP contribution in [-0.4, -0.2) is 25.9 Å². The molecule has 27 heavy (non-hydrogen) atoms. The Labute approximate surface area is 166 Å². The summed E-state index contributed by atoms with van der Waals surface area (Å²) in [4.78, 5) is 0. The molecule has 0 amide bonds. The van der Waals surface area contributed by atoms with Crippen molar-refractivity contribution in [2.75, 3.05) is 20.2 Å². The Kier molecular flexibility index (Phi) is 9.79. The fourth-order valence-electron chi connectivity index (χ4n) is 4.23. The summed E-state index contributed by atoms with van der Waals surface area (Å²) >= 11 is 0. The number of rotatable bonds is 11. The van der Waals surface area contributed by atoms with Crippen LogP contribution in [0.2, 0.25) is 0 Å². The van der Waals surface area contributed by atoms with Crippen molar-refractivity contribution in [3.8, 4) is 0 Å². The van der Waals surface area contributed by atoms with Crippen molar-refractivity contribution < 1.29 is 4.74 Å². The topological polar surface area (TPSA) is 45.1 Å². The smallest absolute Gasteiger partial charge is 0.0849 e. The number of hydrogen-bond donors (Lipinski definition) is 2. The molecule has 2 rings (SSSR count). The quantitative estimate of drug-likeness (QED) is 0.464. The van der Waals surface area contributed by atoms with Crippen LogP contribution in [0.15, 0.2) is 41.5 Å².